The summed E-state index contributed by atoms with van der Waals surface area (Å²) in [5.41, 5.74) is 5.13. The lowest BCUT2D eigenvalue weighted by atomic mass is 10.0. The van der Waals surface area contributed by atoms with E-state index in [9.17, 15) is 43.8 Å². The molecule has 14 heteroatoms. The number of carboxylic acids is 3. The average Bonchev–Trinajstić information content (AvgIpc) is 2.67. The second-order valence-electron chi connectivity index (χ2n) is 6.68. The molecule has 14 nitrogen and oxygen atoms in total. The summed E-state index contributed by atoms with van der Waals surface area (Å²) < 4.78 is 0. The molecule has 0 aromatic rings. The number of nitrogens with one attached hydrogen (secondary N) is 1. The molecule has 0 bridgehead atoms. The van der Waals surface area contributed by atoms with Gasteiger partial charge in [-0.3, -0.25) is 19.2 Å². The summed E-state index contributed by atoms with van der Waals surface area (Å²) in [6.07, 6.45) is -1.93. The van der Waals surface area contributed by atoms with Crippen molar-refractivity contribution < 1.29 is 48.9 Å². The molecular weight excluding hydrogens is 420 g/mol. The highest BCUT2D eigenvalue weighted by molar-refractivity contribution is 6.16. The molecule has 0 aromatic heterocycles. The number of nitrogens with zero attached hydrogens (tertiary/aromatic N) is 2. The molecule has 0 saturated carbocycles. The Morgan fingerprint density at radius 1 is 0.903 bits per heavy atom. The zero-order valence-electron chi connectivity index (χ0n) is 16.5. The summed E-state index contributed by atoms with van der Waals surface area (Å²) in [6, 6.07) is -4.97. The molecule has 1 aliphatic rings. The summed E-state index contributed by atoms with van der Waals surface area (Å²) in [5.74, 6) is -7.23. The largest absolute Gasteiger partial charge is 0.481 e. The number of imide groups is 2. The Balaban J connectivity index is 2.99. The van der Waals surface area contributed by atoms with Crippen LogP contribution in [-0.4, -0.2) is 92.0 Å². The van der Waals surface area contributed by atoms with Gasteiger partial charge < -0.3 is 26.4 Å². The first-order valence-electron chi connectivity index (χ1n) is 9.33. The van der Waals surface area contributed by atoms with Crippen molar-refractivity contribution in [1.82, 2.24) is 15.1 Å². The van der Waals surface area contributed by atoms with E-state index in [0.29, 0.717) is 11.3 Å². The molecule has 1 fully saturated rings. The highest BCUT2D eigenvalue weighted by atomic mass is 16.4. The third-order valence-corrected chi connectivity index (χ3v) is 4.49. The predicted octanol–water partition coefficient (Wildman–Crippen LogP) is -1.82. The molecule has 1 rings (SSSR count). The number of barbiturate groups is 1. The van der Waals surface area contributed by atoms with Gasteiger partial charge in [0.2, 0.25) is 17.7 Å². The monoisotopic (exact) mass is 444 g/mol. The van der Waals surface area contributed by atoms with Crippen LogP contribution in [0.1, 0.15) is 38.5 Å². The molecule has 1 heterocycles. The van der Waals surface area contributed by atoms with Crippen molar-refractivity contribution in [1.29, 1.82) is 0 Å². The maximum Gasteiger partial charge on any atom is 0.335 e. The van der Waals surface area contributed by atoms with Gasteiger partial charge in [-0.15, -0.1) is 0 Å². The number of urea groups is 1. The van der Waals surface area contributed by atoms with Crippen molar-refractivity contribution in [2.24, 2.45) is 5.73 Å². The van der Waals surface area contributed by atoms with Crippen LogP contribution in [0.2, 0.25) is 0 Å². The van der Waals surface area contributed by atoms with Crippen molar-refractivity contribution in [3.63, 3.8) is 0 Å². The zero-order valence-corrected chi connectivity index (χ0v) is 16.5. The van der Waals surface area contributed by atoms with Crippen LogP contribution in [0, 0.1) is 0 Å². The number of hydrogen-bond acceptors (Lipinski definition) is 8. The average molecular weight is 444 g/mol. The van der Waals surface area contributed by atoms with Gasteiger partial charge in [-0.1, -0.05) is 0 Å². The second-order valence-corrected chi connectivity index (χ2v) is 6.68. The first-order valence-corrected chi connectivity index (χ1v) is 9.33. The van der Waals surface area contributed by atoms with E-state index in [1.807, 2.05) is 0 Å². The van der Waals surface area contributed by atoms with Crippen molar-refractivity contribution >= 4 is 41.7 Å². The van der Waals surface area contributed by atoms with Gasteiger partial charge in [0, 0.05) is 13.0 Å². The second kappa shape index (κ2) is 11.6. The number of hydrogen-bond donors (Lipinski definition) is 5. The maximum absolute atomic E-state index is 12.8. The van der Waals surface area contributed by atoms with Crippen molar-refractivity contribution in [2.75, 3.05) is 13.1 Å². The van der Waals surface area contributed by atoms with Gasteiger partial charge in [-0.25, -0.2) is 24.2 Å². The third kappa shape index (κ3) is 7.02. The van der Waals surface area contributed by atoms with Gasteiger partial charge in [0.15, 0.2) is 0 Å². The van der Waals surface area contributed by atoms with Crippen LogP contribution in [0.4, 0.5) is 4.79 Å². The summed E-state index contributed by atoms with van der Waals surface area (Å²) >= 11 is 0. The smallest absolute Gasteiger partial charge is 0.335 e. The number of unbranched alkanes of at least 4 members (excludes halogenated alkanes) is 1. The number of carboxylic acid groups (broad SMARTS) is 3. The van der Waals surface area contributed by atoms with E-state index in [0.717, 1.165) is 0 Å². The van der Waals surface area contributed by atoms with Crippen LogP contribution in [0.15, 0.2) is 0 Å². The predicted molar refractivity (Wildman–Crippen MR) is 99.3 cm³/mol. The number of rotatable bonds is 13. The lowest BCUT2D eigenvalue weighted by Crippen LogP contribution is -2.63. The highest BCUT2D eigenvalue weighted by Gasteiger charge is 2.48. The van der Waals surface area contributed by atoms with Crippen molar-refractivity contribution in [2.45, 2.75) is 50.6 Å². The fourth-order valence-corrected chi connectivity index (χ4v) is 2.99. The minimum Gasteiger partial charge on any atom is -0.481 e. The molecule has 5 amide bonds. The number of nitrogens with two attached hydrogens (primary N) is 1. The van der Waals surface area contributed by atoms with Crippen LogP contribution >= 0.6 is 0 Å². The van der Waals surface area contributed by atoms with E-state index in [4.69, 9.17) is 10.8 Å². The Kier molecular flexibility index (Phi) is 9.53. The van der Waals surface area contributed by atoms with Gasteiger partial charge in [-0.05, 0) is 25.7 Å². The van der Waals surface area contributed by atoms with Gasteiger partial charge in [0.25, 0.3) is 0 Å². The van der Waals surface area contributed by atoms with Crippen LogP contribution in [-0.2, 0) is 28.8 Å². The SMILES string of the molecule is NCC(=O)NCCCC[C@@H](C(=O)O)N1C(=O)CC(=O)N([C@@H](CCC(=O)O)C(=O)O)C1=O. The standard InChI is InChI=1S/C17H24N4O10/c18-8-11(22)19-6-2-1-3-9(15(27)28)20-12(23)7-13(24)21(17(20)31)10(16(29)30)4-5-14(25)26/h9-10H,1-8,18H2,(H,19,22)(H,25,26)(H,27,28)(H,29,30)/t9-,10-/m0/s1. The highest BCUT2D eigenvalue weighted by Crippen LogP contribution is 2.23. The number of carbonyl (C=O) groups is 7. The zero-order chi connectivity index (χ0) is 23.7. The van der Waals surface area contributed by atoms with Gasteiger partial charge in [-0.2, -0.15) is 0 Å². The molecule has 0 radical (unpaired) electrons. The minimum absolute atomic E-state index is 0.175. The van der Waals surface area contributed by atoms with Gasteiger partial charge >= 0.3 is 23.9 Å². The molecule has 0 aromatic carbocycles. The molecule has 0 aliphatic carbocycles. The Morgan fingerprint density at radius 3 is 1.87 bits per heavy atom. The lowest BCUT2D eigenvalue weighted by Gasteiger charge is -2.38. The van der Waals surface area contributed by atoms with E-state index < -0.39 is 73.0 Å². The van der Waals surface area contributed by atoms with E-state index in [2.05, 4.69) is 5.32 Å². The normalized spacial score (nSPS) is 16.1. The van der Waals surface area contributed by atoms with E-state index in [1.165, 1.54) is 0 Å². The van der Waals surface area contributed by atoms with E-state index >= 15 is 0 Å². The molecule has 172 valence electrons. The number of carbonyl (C=O) groups excluding carboxylic acids is 4. The maximum atomic E-state index is 12.8. The van der Waals surface area contributed by atoms with Crippen LogP contribution in [0.25, 0.3) is 0 Å². The lowest BCUT2D eigenvalue weighted by molar-refractivity contribution is -0.158. The first kappa shape index (κ1) is 25.5. The summed E-state index contributed by atoms with van der Waals surface area (Å²) in [4.78, 5) is 82.8. The molecular formula is C17H24N4O10. The molecule has 0 unspecified atom stereocenters. The first-order chi connectivity index (χ1) is 14.5. The topological polar surface area (TPSA) is 225 Å². The van der Waals surface area contributed by atoms with Crippen LogP contribution in [0.3, 0.4) is 0 Å². The van der Waals surface area contributed by atoms with Crippen LogP contribution < -0.4 is 11.1 Å². The Bertz CT molecular complexity index is 768. The fraction of sp³-hybridized carbons (Fsp3) is 0.588. The molecule has 0 spiro atoms. The molecule has 1 aliphatic heterocycles. The quantitative estimate of drug-likeness (QED) is 0.157. The minimum atomic E-state index is -1.87. The number of aliphatic carboxylic acids is 3. The van der Waals surface area contributed by atoms with Crippen molar-refractivity contribution in [3.8, 4) is 0 Å². The molecule has 31 heavy (non-hydrogen) atoms. The van der Waals surface area contributed by atoms with E-state index in [1.54, 1.807) is 0 Å². The van der Waals surface area contributed by atoms with E-state index in [-0.39, 0.29) is 30.8 Å². The Morgan fingerprint density at radius 2 is 1.42 bits per heavy atom. The molecule has 2 atom stereocenters. The van der Waals surface area contributed by atoms with Crippen LogP contribution in [0.5, 0.6) is 0 Å². The Hall–Kier alpha value is -3.55. The van der Waals surface area contributed by atoms with Gasteiger partial charge in [0.05, 0.1) is 6.54 Å². The molecule has 1 saturated heterocycles. The Labute approximate surface area is 175 Å². The third-order valence-electron chi connectivity index (χ3n) is 4.49. The number of amides is 5. The van der Waals surface area contributed by atoms with Crippen molar-refractivity contribution in [3.05, 3.63) is 0 Å². The van der Waals surface area contributed by atoms with Gasteiger partial charge in [0.1, 0.15) is 18.5 Å². The summed E-state index contributed by atoms with van der Waals surface area (Å²) in [7, 11) is 0. The molecule has 6 N–H and O–H groups in total. The summed E-state index contributed by atoms with van der Waals surface area (Å²) in [5, 5.41) is 30.1. The summed E-state index contributed by atoms with van der Waals surface area (Å²) in [6.45, 7) is -0.0316. The fourth-order valence-electron chi connectivity index (χ4n) is 2.99.